The number of alkyl halides is 3. The number of carbonyl (C=O) groups is 3. The van der Waals surface area contributed by atoms with Crippen LogP contribution in [0.15, 0.2) is 23.6 Å². The summed E-state index contributed by atoms with van der Waals surface area (Å²) in [7, 11) is 0. The van der Waals surface area contributed by atoms with Crippen LogP contribution in [0.2, 0.25) is 0 Å². The minimum Gasteiger partial charge on any atom is -0.461 e. The van der Waals surface area contributed by atoms with Crippen molar-refractivity contribution in [3.05, 3.63) is 23.6 Å². The Bertz CT molecular complexity index is 578. The van der Waals surface area contributed by atoms with Gasteiger partial charge in [-0.2, -0.15) is 0 Å². The Kier molecular flexibility index (Phi) is 9.63. The molecule has 0 radical (unpaired) electrons. The molecule has 1 N–H and O–H groups in total. The standard InChI is InChI=1S/C15H18Cl3NO6S/c1-3-6-23-13(21)11-5-4-9(2)25-12(20)10(7-26-11)19-14(22)24-8-15(16,17)18/h3,5,9-10H,1,4,6-8H2,2H3,(H,19,22)/b11-5-/t9-,10-/m1/s1. The van der Waals surface area contributed by atoms with Crippen LogP contribution >= 0.6 is 46.6 Å². The van der Waals surface area contributed by atoms with E-state index in [1.807, 2.05) is 0 Å². The molecule has 1 aliphatic heterocycles. The summed E-state index contributed by atoms with van der Waals surface area (Å²) in [5, 5.41) is 2.33. The molecule has 1 amide bonds. The summed E-state index contributed by atoms with van der Waals surface area (Å²) in [4.78, 5) is 36.3. The molecule has 0 unspecified atom stereocenters. The van der Waals surface area contributed by atoms with Crippen LogP contribution in [-0.2, 0) is 23.8 Å². The van der Waals surface area contributed by atoms with Gasteiger partial charge in [0, 0.05) is 12.2 Å². The highest BCUT2D eigenvalue weighted by Gasteiger charge is 2.29. The predicted octanol–water partition coefficient (Wildman–Crippen LogP) is 3.13. The van der Waals surface area contributed by atoms with Gasteiger partial charge in [-0.05, 0) is 6.92 Å². The summed E-state index contributed by atoms with van der Waals surface area (Å²) < 4.78 is 13.2. The third-order valence-electron chi connectivity index (χ3n) is 2.84. The number of ether oxygens (including phenoxy) is 3. The lowest BCUT2D eigenvalue weighted by Gasteiger charge is -2.19. The number of cyclic esters (lactones) is 1. The predicted molar refractivity (Wildman–Crippen MR) is 100 cm³/mol. The van der Waals surface area contributed by atoms with Crippen LogP contribution in [0.4, 0.5) is 4.79 Å². The molecule has 1 rings (SSSR count). The second-order valence-corrected chi connectivity index (χ2v) is 8.72. The van der Waals surface area contributed by atoms with Gasteiger partial charge in [-0.15, -0.1) is 11.8 Å². The van der Waals surface area contributed by atoms with E-state index in [0.29, 0.717) is 11.3 Å². The fourth-order valence-corrected chi connectivity index (χ4v) is 2.80. The van der Waals surface area contributed by atoms with Crippen molar-refractivity contribution in [2.75, 3.05) is 19.0 Å². The van der Waals surface area contributed by atoms with Crippen molar-refractivity contribution < 1.29 is 28.6 Å². The van der Waals surface area contributed by atoms with Crippen LogP contribution in [0.25, 0.3) is 0 Å². The molecule has 7 nitrogen and oxygen atoms in total. The first kappa shape index (κ1) is 23.0. The third kappa shape index (κ3) is 9.02. The van der Waals surface area contributed by atoms with E-state index in [1.54, 1.807) is 13.0 Å². The monoisotopic (exact) mass is 445 g/mol. The second-order valence-electron chi connectivity index (χ2n) is 5.14. The molecule has 2 atom stereocenters. The van der Waals surface area contributed by atoms with Gasteiger partial charge in [0.1, 0.15) is 25.4 Å². The van der Waals surface area contributed by atoms with Gasteiger partial charge in [-0.3, -0.25) is 0 Å². The molecular formula is C15H18Cl3NO6S. The second kappa shape index (κ2) is 10.9. The Morgan fingerprint density at radius 1 is 1.46 bits per heavy atom. The molecule has 11 heteroatoms. The molecule has 1 heterocycles. The molecular weight excluding hydrogens is 429 g/mol. The van der Waals surface area contributed by atoms with Gasteiger partial charge < -0.3 is 19.5 Å². The van der Waals surface area contributed by atoms with Crippen molar-refractivity contribution in [1.29, 1.82) is 0 Å². The Morgan fingerprint density at radius 2 is 2.15 bits per heavy atom. The average Bonchev–Trinajstić information content (AvgIpc) is 2.61. The number of alkyl carbamates (subject to hydrolysis) is 1. The molecule has 0 aromatic rings. The fourth-order valence-electron chi connectivity index (χ4n) is 1.68. The van der Waals surface area contributed by atoms with Crippen molar-refractivity contribution in [1.82, 2.24) is 5.32 Å². The van der Waals surface area contributed by atoms with Crippen molar-refractivity contribution in [3.63, 3.8) is 0 Å². The normalized spacial score (nSPS) is 23.2. The van der Waals surface area contributed by atoms with Gasteiger partial charge >= 0.3 is 18.0 Å². The lowest BCUT2D eigenvalue weighted by molar-refractivity contribution is -0.149. The number of thioether (sulfide) groups is 1. The maximum absolute atomic E-state index is 12.2. The van der Waals surface area contributed by atoms with E-state index in [9.17, 15) is 14.4 Å². The molecule has 0 aromatic heterocycles. The first-order chi connectivity index (χ1) is 12.1. The zero-order chi connectivity index (χ0) is 19.7. The molecule has 0 spiro atoms. The Balaban J connectivity index is 2.75. The molecule has 0 aromatic carbocycles. The van der Waals surface area contributed by atoms with E-state index in [0.717, 1.165) is 11.8 Å². The van der Waals surface area contributed by atoms with Gasteiger partial charge in [-0.1, -0.05) is 53.5 Å². The van der Waals surface area contributed by atoms with E-state index >= 15 is 0 Å². The lowest BCUT2D eigenvalue weighted by Crippen LogP contribution is -2.45. The number of amides is 1. The summed E-state index contributed by atoms with van der Waals surface area (Å²) in [5.41, 5.74) is 0. The highest BCUT2D eigenvalue weighted by atomic mass is 35.6. The topological polar surface area (TPSA) is 90.9 Å². The summed E-state index contributed by atoms with van der Waals surface area (Å²) in [5.74, 6) is -1.18. The van der Waals surface area contributed by atoms with Gasteiger partial charge in [0.15, 0.2) is 0 Å². The Labute approximate surface area is 170 Å². The number of esters is 2. The number of carbonyl (C=O) groups excluding carboxylic acids is 3. The molecule has 0 aliphatic carbocycles. The Hall–Kier alpha value is -1.09. The molecule has 0 fully saturated rings. The van der Waals surface area contributed by atoms with E-state index < -0.39 is 40.6 Å². The molecule has 0 saturated carbocycles. The summed E-state index contributed by atoms with van der Waals surface area (Å²) in [6, 6.07) is -1.06. The minimum absolute atomic E-state index is 0.0312. The highest BCUT2D eigenvalue weighted by molar-refractivity contribution is 8.04. The van der Waals surface area contributed by atoms with Crippen molar-refractivity contribution in [3.8, 4) is 0 Å². The van der Waals surface area contributed by atoms with Crippen molar-refractivity contribution >= 4 is 64.6 Å². The number of hydrogen-bond acceptors (Lipinski definition) is 7. The van der Waals surface area contributed by atoms with Crippen LogP contribution in [0, 0.1) is 0 Å². The first-order valence-corrected chi connectivity index (χ1v) is 9.56. The van der Waals surface area contributed by atoms with Crippen molar-refractivity contribution in [2.45, 2.75) is 29.3 Å². The van der Waals surface area contributed by atoms with Gasteiger partial charge in [0.2, 0.25) is 3.79 Å². The third-order valence-corrected chi connectivity index (χ3v) is 4.31. The van der Waals surface area contributed by atoms with E-state index in [-0.39, 0.29) is 12.4 Å². The molecule has 0 saturated heterocycles. The smallest absolute Gasteiger partial charge is 0.408 e. The lowest BCUT2D eigenvalue weighted by atomic mass is 10.2. The minimum atomic E-state index is -1.77. The number of nitrogens with one attached hydrogen (secondary N) is 1. The first-order valence-electron chi connectivity index (χ1n) is 7.44. The van der Waals surface area contributed by atoms with E-state index in [1.165, 1.54) is 6.08 Å². The maximum Gasteiger partial charge on any atom is 0.408 e. The van der Waals surface area contributed by atoms with Crippen LogP contribution in [0.5, 0.6) is 0 Å². The van der Waals surface area contributed by atoms with Crippen LogP contribution in [0.3, 0.4) is 0 Å². The van der Waals surface area contributed by atoms with Crippen LogP contribution in [-0.4, -0.2) is 52.9 Å². The molecule has 1 aliphatic rings. The van der Waals surface area contributed by atoms with Crippen LogP contribution < -0.4 is 5.32 Å². The van der Waals surface area contributed by atoms with Gasteiger partial charge in [0.05, 0.1) is 4.91 Å². The summed E-state index contributed by atoms with van der Waals surface area (Å²) in [6.07, 6.45) is 1.94. The zero-order valence-electron chi connectivity index (χ0n) is 13.8. The number of hydrogen-bond donors (Lipinski definition) is 1. The number of halogens is 3. The van der Waals surface area contributed by atoms with Crippen molar-refractivity contribution in [2.24, 2.45) is 0 Å². The highest BCUT2D eigenvalue weighted by Crippen LogP contribution is 2.26. The molecule has 146 valence electrons. The van der Waals surface area contributed by atoms with Gasteiger partial charge in [-0.25, -0.2) is 14.4 Å². The molecule has 26 heavy (non-hydrogen) atoms. The quantitative estimate of drug-likeness (QED) is 0.300. The largest absolute Gasteiger partial charge is 0.461 e. The fraction of sp³-hybridized carbons (Fsp3) is 0.533. The van der Waals surface area contributed by atoms with E-state index in [4.69, 9.17) is 49.0 Å². The van der Waals surface area contributed by atoms with Gasteiger partial charge in [0.25, 0.3) is 0 Å². The Morgan fingerprint density at radius 3 is 2.77 bits per heavy atom. The average molecular weight is 447 g/mol. The summed E-state index contributed by atoms with van der Waals surface area (Å²) in [6.45, 7) is 4.70. The molecule has 0 bridgehead atoms. The SMILES string of the molecule is C=CCOC(=O)/C1=C/C[C@@H](C)OC(=O)[C@H](NC(=O)OCC(Cl)(Cl)Cl)CS1. The number of rotatable bonds is 5. The van der Waals surface area contributed by atoms with E-state index in [2.05, 4.69) is 11.9 Å². The summed E-state index contributed by atoms with van der Waals surface area (Å²) >= 11 is 17.5. The van der Waals surface area contributed by atoms with Crippen LogP contribution in [0.1, 0.15) is 13.3 Å². The maximum atomic E-state index is 12.2. The zero-order valence-corrected chi connectivity index (χ0v) is 16.9.